The Morgan fingerprint density at radius 2 is 1.62 bits per heavy atom. The highest BCUT2D eigenvalue weighted by Crippen LogP contribution is 2.07. The third-order valence-corrected chi connectivity index (χ3v) is 1.73. The van der Waals surface area contributed by atoms with Crippen LogP contribution in [-0.4, -0.2) is 23.8 Å². The van der Waals surface area contributed by atoms with Crippen LogP contribution in [0.1, 0.15) is 40.0 Å². The Labute approximate surface area is 80.1 Å². The number of carbonyl (C=O) groups is 2. The van der Waals surface area contributed by atoms with Crippen molar-refractivity contribution in [2.24, 2.45) is 5.92 Å². The largest absolute Gasteiger partial charge is 0.392 e. The molecule has 3 nitrogen and oxygen atoms in total. The molecule has 1 N–H and O–H groups in total. The molecule has 0 aromatic carbocycles. The maximum Gasteiger partial charge on any atom is 0.125 e. The third kappa shape index (κ3) is 9.21. The van der Waals surface area contributed by atoms with Crippen LogP contribution >= 0.6 is 0 Å². The lowest BCUT2D eigenvalue weighted by Crippen LogP contribution is -2.19. The second kappa shape index (κ2) is 11.3. The fourth-order valence-corrected chi connectivity index (χ4v) is 0.762. The molecule has 13 heavy (non-hydrogen) atoms. The predicted octanol–water partition coefficient (Wildman–Crippen LogP) is 1.58. The first-order valence-electron chi connectivity index (χ1n) is 4.74. The normalized spacial score (nSPS) is 13.5. The van der Waals surface area contributed by atoms with Crippen molar-refractivity contribution in [3.8, 4) is 0 Å². The maximum absolute atomic E-state index is 10.2. The quantitative estimate of drug-likeness (QED) is 0.666. The van der Waals surface area contributed by atoms with E-state index in [9.17, 15) is 9.59 Å². The van der Waals surface area contributed by atoms with Crippen molar-refractivity contribution in [3.63, 3.8) is 0 Å². The lowest BCUT2D eigenvalue weighted by Gasteiger charge is -2.12. The first-order chi connectivity index (χ1) is 6.17. The fourth-order valence-electron chi connectivity index (χ4n) is 0.762. The second-order valence-corrected chi connectivity index (χ2v) is 2.76. The number of rotatable bonds is 5. The van der Waals surface area contributed by atoms with Crippen molar-refractivity contribution >= 4 is 12.6 Å². The van der Waals surface area contributed by atoms with Crippen LogP contribution in [-0.2, 0) is 9.59 Å². The zero-order valence-corrected chi connectivity index (χ0v) is 8.69. The van der Waals surface area contributed by atoms with Gasteiger partial charge in [0.2, 0.25) is 0 Å². The van der Waals surface area contributed by atoms with Gasteiger partial charge in [-0.15, -0.1) is 0 Å². The molecule has 0 spiro atoms. The van der Waals surface area contributed by atoms with E-state index in [1.165, 1.54) is 0 Å². The molecular weight excluding hydrogens is 168 g/mol. The van der Waals surface area contributed by atoms with Crippen LogP contribution in [0.5, 0.6) is 0 Å². The Balaban J connectivity index is 0. The van der Waals surface area contributed by atoms with E-state index in [0.29, 0.717) is 12.8 Å². The highest BCUT2D eigenvalue weighted by atomic mass is 16.3. The summed E-state index contributed by atoms with van der Waals surface area (Å²) in [5.74, 6) is -0.157. The van der Waals surface area contributed by atoms with Crippen LogP contribution in [0.15, 0.2) is 0 Å². The van der Waals surface area contributed by atoms with Gasteiger partial charge < -0.3 is 14.7 Å². The zero-order valence-electron chi connectivity index (χ0n) is 8.69. The molecule has 0 aliphatic carbocycles. The first-order valence-corrected chi connectivity index (χ1v) is 4.74. The maximum atomic E-state index is 10.2. The summed E-state index contributed by atoms with van der Waals surface area (Å²) < 4.78 is 0. The average Bonchev–Trinajstić information content (AvgIpc) is 2.19. The smallest absolute Gasteiger partial charge is 0.125 e. The predicted molar refractivity (Wildman–Crippen MR) is 52.5 cm³/mol. The lowest BCUT2D eigenvalue weighted by atomic mass is 10.00. The van der Waals surface area contributed by atoms with Gasteiger partial charge in [-0.3, -0.25) is 0 Å². The Bertz CT molecular complexity index is 123. The minimum atomic E-state index is -0.438. The van der Waals surface area contributed by atoms with E-state index in [-0.39, 0.29) is 5.92 Å². The summed E-state index contributed by atoms with van der Waals surface area (Å²) in [6.45, 7) is 5.59. The highest BCUT2D eigenvalue weighted by molar-refractivity contribution is 5.54. The molecule has 0 aliphatic heterocycles. The van der Waals surface area contributed by atoms with Gasteiger partial charge in [-0.25, -0.2) is 0 Å². The summed E-state index contributed by atoms with van der Waals surface area (Å²) >= 11 is 0. The van der Waals surface area contributed by atoms with Crippen molar-refractivity contribution in [1.29, 1.82) is 0 Å². The third-order valence-electron chi connectivity index (χ3n) is 1.73. The molecule has 0 aliphatic rings. The molecule has 0 aromatic rings. The van der Waals surface area contributed by atoms with Crippen molar-refractivity contribution < 1.29 is 14.7 Å². The zero-order chi connectivity index (χ0) is 10.7. The average molecular weight is 188 g/mol. The number of hydrogen-bond donors (Lipinski definition) is 1. The molecule has 78 valence electrons. The summed E-state index contributed by atoms with van der Waals surface area (Å²) in [7, 11) is 0. The SMILES string of the molecule is CCC(O)C(C=O)CC.CCC=O. The molecule has 0 bridgehead atoms. The Morgan fingerprint density at radius 3 is 1.69 bits per heavy atom. The van der Waals surface area contributed by atoms with E-state index in [1.807, 2.05) is 20.8 Å². The van der Waals surface area contributed by atoms with Gasteiger partial charge in [0.1, 0.15) is 12.6 Å². The number of carbonyl (C=O) groups excluding carboxylic acids is 2. The molecule has 0 amide bonds. The fraction of sp³-hybridized carbons (Fsp3) is 0.800. The van der Waals surface area contributed by atoms with Crippen molar-refractivity contribution in [3.05, 3.63) is 0 Å². The molecular formula is C10H20O3. The molecule has 2 atom stereocenters. The Kier molecular flexibility index (Phi) is 12.9. The second-order valence-electron chi connectivity index (χ2n) is 2.76. The van der Waals surface area contributed by atoms with E-state index in [0.717, 1.165) is 19.0 Å². The lowest BCUT2D eigenvalue weighted by molar-refractivity contribution is -0.114. The summed E-state index contributed by atoms with van der Waals surface area (Å²) in [5.41, 5.74) is 0. The monoisotopic (exact) mass is 188 g/mol. The number of aliphatic hydroxyl groups excluding tert-OH is 1. The molecule has 0 radical (unpaired) electrons. The van der Waals surface area contributed by atoms with Gasteiger partial charge in [0, 0.05) is 12.3 Å². The Morgan fingerprint density at radius 1 is 1.15 bits per heavy atom. The van der Waals surface area contributed by atoms with Gasteiger partial charge >= 0.3 is 0 Å². The van der Waals surface area contributed by atoms with E-state index >= 15 is 0 Å². The molecule has 0 fully saturated rings. The van der Waals surface area contributed by atoms with Crippen molar-refractivity contribution in [2.45, 2.75) is 46.1 Å². The highest BCUT2D eigenvalue weighted by Gasteiger charge is 2.12. The van der Waals surface area contributed by atoms with E-state index in [4.69, 9.17) is 5.11 Å². The van der Waals surface area contributed by atoms with Crippen LogP contribution in [0.3, 0.4) is 0 Å². The molecule has 0 saturated heterocycles. The van der Waals surface area contributed by atoms with E-state index in [1.54, 1.807) is 0 Å². The Hall–Kier alpha value is -0.700. The number of aliphatic hydroxyl groups is 1. The van der Waals surface area contributed by atoms with Crippen molar-refractivity contribution in [2.75, 3.05) is 0 Å². The number of hydrogen-bond acceptors (Lipinski definition) is 3. The van der Waals surface area contributed by atoms with E-state index < -0.39 is 6.10 Å². The summed E-state index contributed by atoms with van der Waals surface area (Å²) in [4.78, 5) is 19.4. The molecule has 3 heteroatoms. The minimum Gasteiger partial charge on any atom is -0.392 e. The van der Waals surface area contributed by atoms with Gasteiger partial charge in [0.25, 0.3) is 0 Å². The van der Waals surface area contributed by atoms with E-state index in [2.05, 4.69) is 0 Å². The van der Waals surface area contributed by atoms with Gasteiger partial charge in [-0.05, 0) is 12.8 Å². The number of aldehydes is 2. The molecule has 2 unspecified atom stereocenters. The first kappa shape index (κ1) is 14.8. The van der Waals surface area contributed by atoms with Gasteiger partial charge in [-0.2, -0.15) is 0 Å². The molecule has 0 saturated carbocycles. The van der Waals surface area contributed by atoms with Gasteiger partial charge in [-0.1, -0.05) is 20.8 Å². The van der Waals surface area contributed by atoms with Crippen LogP contribution < -0.4 is 0 Å². The molecule has 0 heterocycles. The van der Waals surface area contributed by atoms with Crippen LogP contribution in [0, 0.1) is 5.92 Å². The van der Waals surface area contributed by atoms with Crippen LogP contribution in [0.2, 0.25) is 0 Å². The summed E-state index contributed by atoms with van der Waals surface area (Å²) in [6, 6.07) is 0. The summed E-state index contributed by atoms with van der Waals surface area (Å²) in [5, 5.41) is 9.09. The van der Waals surface area contributed by atoms with Crippen molar-refractivity contribution in [1.82, 2.24) is 0 Å². The summed E-state index contributed by atoms with van der Waals surface area (Å²) in [6.07, 6.45) is 3.30. The topological polar surface area (TPSA) is 54.4 Å². The molecule has 0 aromatic heterocycles. The minimum absolute atomic E-state index is 0.157. The van der Waals surface area contributed by atoms with Crippen LogP contribution in [0.25, 0.3) is 0 Å². The van der Waals surface area contributed by atoms with Gasteiger partial charge in [0.15, 0.2) is 0 Å². The van der Waals surface area contributed by atoms with Gasteiger partial charge in [0.05, 0.1) is 6.10 Å². The standard InChI is InChI=1S/C7H14O2.C3H6O/c1-3-6(5-8)7(9)4-2;1-2-3-4/h5-7,9H,3-4H2,1-2H3;3H,2H2,1H3. The molecule has 0 rings (SSSR count). The van der Waals surface area contributed by atoms with Crippen LogP contribution in [0.4, 0.5) is 0 Å².